The molecule has 0 spiro atoms. The largest absolute Gasteiger partial charge is 0.508 e. The first-order chi connectivity index (χ1) is 9.79. The molecule has 0 heterocycles. The van der Waals surface area contributed by atoms with Crippen molar-refractivity contribution in [1.82, 2.24) is 0 Å². The zero-order valence-corrected chi connectivity index (χ0v) is 13.3. The van der Waals surface area contributed by atoms with Gasteiger partial charge in [-0.3, -0.25) is 0 Å². The molecule has 6 heteroatoms. The van der Waals surface area contributed by atoms with Gasteiger partial charge in [-0.15, -0.1) is 0 Å². The van der Waals surface area contributed by atoms with Crippen molar-refractivity contribution in [3.63, 3.8) is 0 Å². The molecule has 2 rings (SSSR count). The number of hydrogen-bond donors (Lipinski definition) is 2. The Kier molecular flexibility index (Phi) is 4.44. The monoisotopic (exact) mass is 325 g/mol. The van der Waals surface area contributed by atoms with E-state index in [1.807, 2.05) is 0 Å². The van der Waals surface area contributed by atoms with Gasteiger partial charge >= 0.3 is 0 Å². The van der Waals surface area contributed by atoms with Crippen LogP contribution in [0.1, 0.15) is 11.1 Å². The average molecular weight is 326 g/mol. The molecular formula is C15H16ClNO3S. The number of phenolic OH excluding ortho intramolecular Hbond substituents is 1. The van der Waals surface area contributed by atoms with Gasteiger partial charge in [0.15, 0.2) is 9.84 Å². The summed E-state index contributed by atoms with van der Waals surface area (Å²) in [7, 11) is -3.34. The van der Waals surface area contributed by atoms with Crippen molar-refractivity contribution < 1.29 is 13.5 Å². The Labute approximate surface area is 129 Å². The summed E-state index contributed by atoms with van der Waals surface area (Å²) in [6, 6.07) is 9.91. The Balaban J connectivity index is 2.30. The van der Waals surface area contributed by atoms with E-state index >= 15 is 0 Å². The standard InChI is InChI=1S/C15H16ClNO3S/c1-10-8-11(6-7-14(10)18)17-9-12-13(16)4-3-5-15(12)21(2,19)20/h3-8,17-18H,9H2,1-2H3. The molecule has 21 heavy (non-hydrogen) atoms. The van der Waals surface area contributed by atoms with Crippen molar-refractivity contribution in [1.29, 1.82) is 0 Å². The van der Waals surface area contributed by atoms with Crippen LogP contribution in [0.4, 0.5) is 5.69 Å². The normalized spacial score (nSPS) is 11.4. The predicted octanol–water partition coefficient (Wildman–Crippen LogP) is 3.37. The molecule has 0 aliphatic rings. The second kappa shape index (κ2) is 5.95. The Morgan fingerprint density at radius 2 is 1.95 bits per heavy atom. The Hall–Kier alpha value is -1.72. The highest BCUT2D eigenvalue weighted by Gasteiger charge is 2.15. The topological polar surface area (TPSA) is 66.4 Å². The number of aryl methyl sites for hydroxylation is 1. The van der Waals surface area contributed by atoms with Crippen molar-refractivity contribution in [3.05, 3.63) is 52.5 Å². The van der Waals surface area contributed by atoms with Gasteiger partial charge in [-0.2, -0.15) is 0 Å². The molecule has 0 bridgehead atoms. The number of hydrogen-bond acceptors (Lipinski definition) is 4. The number of benzene rings is 2. The van der Waals surface area contributed by atoms with Gasteiger partial charge in [-0.1, -0.05) is 17.7 Å². The fourth-order valence-electron chi connectivity index (χ4n) is 2.01. The van der Waals surface area contributed by atoms with Crippen LogP contribution < -0.4 is 5.32 Å². The molecule has 112 valence electrons. The smallest absolute Gasteiger partial charge is 0.175 e. The maximum Gasteiger partial charge on any atom is 0.175 e. The zero-order chi connectivity index (χ0) is 15.6. The minimum atomic E-state index is -3.34. The van der Waals surface area contributed by atoms with E-state index in [9.17, 15) is 13.5 Å². The SMILES string of the molecule is Cc1cc(NCc2c(Cl)cccc2S(C)(=O)=O)ccc1O. The van der Waals surface area contributed by atoms with Crippen molar-refractivity contribution in [2.45, 2.75) is 18.4 Å². The number of anilines is 1. The molecule has 2 N–H and O–H groups in total. The molecule has 0 atom stereocenters. The van der Waals surface area contributed by atoms with Gasteiger partial charge in [0.25, 0.3) is 0 Å². The number of sulfone groups is 1. The Bertz CT molecular complexity index is 772. The van der Waals surface area contributed by atoms with Crippen LogP contribution in [-0.2, 0) is 16.4 Å². The van der Waals surface area contributed by atoms with Crippen LogP contribution in [0.25, 0.3) is 0 Å². The van der Waals surface area contributed by atoms with E-state index < -0.39 is 9.84 Å². The van der Waals surface area contributed by atoms with Crippen molar-refractivity contribution in [3.8, 4) is 5.75 Å². The van der Waals surface area contributed by atoms with E-state index in [1.54, 1.807) is 43.3 Å². The van der Waals surface area contributed by atoms with Crippen LogP contribution in [-0.4, -0.2) is 19.8 Å². The molecule has 0 radical (unpaired) electrons. The Morgan fingerprint density at radius 3 is 2.57 bits per heavy atom. The van der Waals surface area contributed by atoms with Gasteiger partial charge in [-0.25, -0.2) is 8.42 Å². The highest BCUT2D eigenvalue weighted by Crippen LogP contribution is 2.26. The van der Waals surface area contributed by atoms with E-state index in [2.05, 4.69) is 5.32 Å². The van der Waals surface area contributed by atoms with Crippen LogP contribution in [0, 0.1) is 6.92 Å². The van der Waals surface area contributed by atoms with Gasteiger partial charge in [-0.05, 0) is 42.8 Å². The van der Waals surface area contributed by atoms with Crippen molar-refractivity contribution >= 4 is 27.1 Å². The third-order valence-electron chi connectivity index (χ3n) is 3.14. The zero-order valence-electron chi connectivity index (χ0n) is 11.7. The third kappa shape index (κ3) is 3.68. The van der Waals surface area contributed by atoms with Crippen molar-refractivity contribution in [2.75, 3.05) is 11.6 Å². The van der Waals surface area contributed by atoms with Gasteiger partial charge in [0, 0.05) is 29.1 Å². The lowest BCUT2D eigenvalue weighted by Gasteiger charge is -2.13. The molecule has 2 aromatic rings. The van der Waals surface area contributed by atoms with E-state index in [1.165, 1.54) is 0 Å². The molecule has 0 aromatic heterocycles. The predicted molar refractivity (Wildman–Crippen MR) is 84.7 cm³/mol. The molecule has 2 aromatic carbocycles. The van der Waals surface area contributed by atoms with E-state index in [0.717, 1.165) is 17.5 Å². The second-order valence-electron chi connectivity index (χ2n) is 4.84. The molecule has 0 saturated heterocycles. The first kappa shape index (κ1) is 15.7. The van der Waals surface area contributed by atoms with Crippen LogP contribution in [0.3, 0.4) is 0 Å². The van der Waals surface area contributed by atoms with E-state index in [-0.39, 0.29) is 17.2 Å². The summed E-state index contributed by atoms with van der Waals surface area (Å²) < 4.78 is 23.6. The second-order valence-corrected chi connectivity index (χ2v) is 7.23. The van der Waals surface area contributed by atoms with Crippen LogP contribution >= 0.6 is 11.6 Å². The summed E-state index contributed by atoms with van der Waals surface area (Å²) in [6.07, 6.45) is 1.16. The fraction of sp³-hybridized carbons (Fsp3) is 0.200. The molecule has 0 saturated carbocycles. The van der Waals surface area contributed by atoms with Gasteiger partial charge < -0.3 is 10.4 Å². The Morgan fingerprint density at radius 1 is 1.24 bits per heavy atom. The summed E-state index contributed by atoms with van der Waals surface area (Å²) in [5.74, 6) is 0.218. The molecular weight excluding hydrogens is 310 g/mol. The summed E-state index contributed by atoms with van der Waals surface area (Å²) in [5.41, 5.74) is 2.06. The lowest BCUT2D eigenvalue weighted by Crippen LogP contribution is -2.08. The quantitative estimate of drug-likeness (QED) is 0.846. The third-order valence-corrected chi connectivity index (χ3v) is 4.68. The van der Waals surface area contributed by atoms with Crippen LogP contribution in [0.15, 0.2) is 41.3 Å². The fourth-order valence-corrected chi connectivity index (χ4v) is 3.27. The summed E-state index contributed by atoms with van der Waals surface area (Å²) >= 11 is 6.11. The maximum absolute atomic E-state index is 11.8. The molecule has 4 nitrogen and oxygen atoms in total. The minimum absolute atomic E-state index is 0.218. The molecule has 0 fully saturated rings. The number of aromatic hydroxyl groups is 1. The first-order valence-corrected chi connectivity index (χ1v) is 8.57. The lowest BCUT2D eigenvalue weighted by molar-refractivity contribution is 0.471. The number of rotatable bonds is 4. The number of phenols is 1. The first-order valence-electron chi connectivity index (χ1n) is 6.30. The van der Waals surface area contributed by atoms with Gasteiger partial charge in [0.1, 0.15) is 5.75 Å². The van der Waals surface area contributed by atoms with Gasteiger partial charge in [0.05, 0.1) is 4.90 Å². The highest BCUT2D eigenvalue weighted by atomic mass is 35.5. The number of halogens is 1. The average Bonchev–Trinajstić information content (AvgIpc) is 2.40. The summed E-state index contributed by atoms with van der Waals surface area (Å²) in [5, 5.41) is 13.0. The van der Waals surface area contributed by atoms with Gasteiger partial charge in [0.2, 0.25) is 0 Å². The highest BCUT2D eigenvalue weighted by molar-refractivity contribution is 7.90. The molecule has 0 unspecified atom stereocenters. The van der Waals surface area contributed by atoms with Crippen LogP contribution in [0.2, 0.25) is 5.02 Å². The number of nitrogens with one attached hydrogen (secondary N) is 1. The van der Waals surface area contributed by atoms with Crippen molar-refractivity contribution in [2.24, 2.45) is 0 Å². The summed E-state index contributed by atoms with van der Waals surface area (Å²) in [4.78, 5) is 0.220. The minimum Gasteiger partial charge on any atom is -0.508 e. The lowest BCUT2D eigenvalue weighted by atomic mass is 10.2. The molecule has 0 aliphatic heterocycles. The molecule has 0 aliphatic carbocycles. The maximum atomic E-state index is 11.8. The van der Waals surface area contributed by atoms with E-state index in [0.29, 0.717) is 10.6 Å². The summed E-state index contributed by atoms with van der Waals surface area (Å²) in [6.45, 7) is 2.07. The van der Waals surface area contributed by atoms with Crippen LogP contribution in [0.5, 0.6) is 5.75 Å². The molecule has 0 amide bonds. The van der Waals surface area contributed by atoms with E-state index in [4.69, 9.17) is 11.6 Å².